The van der Waals surface area contributed by atoms with Crippen LogP contribution in [0, 0.1) is 16.0 Å². The van der Waals surface area contributed by atoms with Gasteiger partial charge in [0.25, 0.3) is 5.69 Å². The van der Waals surface area contributed by atoms with Gasteiger partial charge in [-0.3, -0.25) is 15.0 Å². The number of nitrogens with one attached hydrogen (secondary N) is 2. The normalized spacial score (nSPS) is 18.1. The molecule has 0 amide bonds. The minimum atomic E-state index is -0.404. The summed E-state index contributed by atoms with van der Waals surface area (Å²) in [6.07, 6.45) is 1.88. The van der Waals surface area contributed by atoms with Gasteiger partial charge in [-0.25, -0.2) is 4.99 Å². The van der Waals surface area contributed by atoms with E-state index in [1.807, 2.05) is 0 Å². The molecule has 2 rings (SSSR count). The number of hydrogen-bond donors (Lipinski definition) is 2. The summed E-state index contributed by atoms with van der Waals surface area (Å²) in [7, 11) is 0. The van der Waals surface area contributed by atoms with Crippen molar-refractivity contribution in [2.24, 2.45) is 10.9 Å². The summed E-state index contributed by atoms with van der Waals surface area (Å²) < 4.78 is 5.87. The van der Waals surface area contributed by atoms with Crippen molar-refractivity contribution < 1.29 is 9.66 Å². The second kappa shape index (κ2) is 11.4. The number of nitro benzene ring substituents is 1. The quantitative estimate of drug-likeness (QED) is 0.221. The first-order valence-corrected chi connectivity index (χ1v) is 9.68. The van der Waals surface area contributed by atoms with Crippen LogP contribution in [0.4, 0.5) is 5.69 Å². The van der Waals surface area contributed by atoms with Crippen molar-refractivity contribution in [2.75, 3.05) is 39.3 Å². The van der Waals surface area contributed by atoms with E-state index >= 15 is 0 Å². The lowest BCUT2D eigenvalue weighted by molar-refractivity contribution is -0.384. The number of nitro groups is 1. The molecule has 1 unspecified atom stereocenters. The van der Waals surface area contributed by atoms with Crippen LogP contribution < -0.4 is 10.6 Å². The lowest BCUT2D eigenvalue weighted by Gasteiger charge is -2.34. The minimum absolute atomic E-state index is 0.0799. The maximum atomic E-state index is 10.7. The molecule has 2 N–H and O–H groups in total. The number of non-ortho nitro benzene ring substituents is 1. The first kappa shape index (κ1) is 21.8. The highest BCUT2D eigenvalue weighted by molar-refractivity contribution is 5.79. The molecule has 1 heterocycles. The fraction of sp³-hybridized carbons (Fsp3) is 0.550. The maximum absolute atomic E-state index is 10.7. The van der Waals surface area contributed by atoms with Crippen molar-refractivity contribution in [1.82, 2.24) is 15.5 Å². The molecule has 1 aromatic carbocycles. The van der Waals surface area contributed by atoms with Gasteiger partial charge in [0.2, 0.25) is 0 Å². The number of hydrogen-bond acceptors (Lipinski definition) is 5. The van der Waals surface area contributed by atoms with Crippen LogP contribution in [0.2, 0.25) is 0 Å². The zero-order chi connectivity index (χ0) is 20.4. The largest absolute Gasteiger partial charge is 0.374 e. The van der Waals surface area contributed by atoms with Gasteiger partial charge in [-0.2, -0.15) is 0 Å². The molecular formula is C20H31N5O3. The summed E-state index contributed by atoms with van der Waals surface area (Å²) in [5.41, 5.74) is 0.985. The van der Waals surface area contributed by atoms with Crippen molar-refractivity contribution >= 4 is 11.6 Å². The molecule has 28 heavy (non-hydrogen) atoms. The van der Waals surface area contributed by atoms with Crippen molar-refractivity contribution in [2.45, 2.75) is 26.5 Å². The summed E-state index contributed by atoms with van der Waals surface area (Å²) in [5, 5.41) is 17.3. The van der Waals surface area contributed by atoms with Gasteiger partial charge in [0, 0.05) is 44.9 Å². The zero-order valence-corrected chi connectivity index (χ0v) is 16.8. The lowest BCUT2D eigenvalue weighted by atomic mass is 10.2. The van der Waals surface area contributed by atoms with Crippen LogP contribution >= 0.6 is 0 Å². The summed E-state index contributed by atoms with van der Waals surface area (Å²) >= 11 is 0. The van der Waals surface area contributed by atoms with Gasteiger partial charge in [0.15, 0.2) is 5.96 Å². The molecule has 8 nitrogen and oxygen atoms in total. The molecule has 1 aliphatic heterocycles. The van der Waals surface area contributed by atoms with E-state index < -0.39 is 4.92 Å². The van der Waals surface area contributed by atoms with E-state index in [4.69, 9.17) is 4.74 Å². The van der Waals surface area contributed by atoms with Crippen LogP contribution in [0.1, 0.15) is 19.4 Å². The lowest BCUT2D eigenvalue weighted by Crippen LogP contribution is -2.50. The Bertz CT molecular complexity index is 660. The highest BCUT2D eigenvalue weighted by atomic mass is 16.6. The molecule has 0 spiro atoms. The second-order valence-corrected chi connectivity index (χ2v) is 7.29. The van der Waals surface area contributed by atoms with Crippen LogP contribution in [0.3, 0.4) is 0 Å². The third-order valence-electron chi connectivity index (χ3n) is 4.32. The van der Waals surface area contributed by atoms with Crippen LogP contribution in [0.15, 0.2) is 41.9 Å². The number of rotatable bonds is 9. The molecule has 1 aromatic rings. The number of aliphatic imine (C=N–C) groups is 1. The Morgan fingerprint density at radius 2 is 2.18 bits per heavy atom. The molecule has 1 atom stereocenters. The van der Waals surface area contributed by atoms with Crippen molar-refractivity contribution in [3.8, 4) is 0 Å². The average molecular weight is 390 g/mol. The molecule has 1 fully saturated rings. The van der Waals surface area contributed by atoms with Crippen molar-refractivity contribution in [3.05, 3.63) is 52.6 Å². The van der Waals surface area contributed by atoms with Gasteiger partial charge < -0.3 is 15.4 Å². The van der Waals surface area contributed by atoms with Gasteiger partial charge in [-0.05, 0) is 11.5 Å². The SMILES string of the molecule is C=CCNC(=NCc1ccc([N+](=O)[O-])cc1)NCC1CN(CC(C)C)CCO1. The van der Waals surface area contributed by atoms with Gasteiger partial charge in [-0.1, -0.05) is 32.1 Å². The maximum Gasteiger partial charge on any atom is 0.269 e. The van der Waals surface area contributed by atoms with E-state index in [9.17, 15) is 10.1 Å². The van der Waals surface area contributed by atoms with Gasteiger partial charge in [0.1, 0.15) is 0 Å². The van der Waals surface area contributed by atoms with E-state index in [0.717, 1.165) is 31.8 Å². The average Bonchev–Trinajstić information content (AvgIpc) is 2.67. The number of ether oxygens (including phenoxy) is 1. The third kappa shape index (κ3) is 7.66. The Hall–Kier alpha value is -2.45. The number of guanidine groups is 1. The molecule has 1 saturated heterocycles. The van der Waals surface area contributed by atoms with E-state index in [1.54, 1.807) is 18.2 Å². The van der Waals surface area contributed by atoms with Crippen molar-refractivity contribution in [1.29, 1.82) is 0 Å². The van der Waals surface area contributed by atoms with Crippen LogP contribution in [0.5, 0.6) is 0 Å². The molecule has 0 aliphatic carbocycles. The number of benzene rings is 1. The van der Waals surface area contributed by atoms with Gasteiger partial charge >= 0.3 is 0 Å². The Labute approximate surface area is 166 Å². The monoisotopic (exact) mass is 389 g/mol. The van der Waals surface area contributed by atoms with Crippen LogP contribution in [-0.2, 0) is 11.3 Å². The zero-order valence-electron chi connectivity index (χ0n) is 16.8. The standard InChI is InChI=1S/C20H31N5O3/c1-4-9-21-20(22-12-17-5-7-18(8-6-17)25(26)27)23-13-19-15-24(10-11-28-19)14-16(2)3/h4-8,16,19H,1,9-15H2,2-3H3,(H2,21,22,23). The first-order valence-electron chi connectivity index (χ1n) is 9.68. The van der Waals surface area contributed by atoms with E-state index in [2.05, 4.69) is 41.0 Å². The first-order chi connectivity index (χ1) is 13.5. The third-order valence-corrected chi connectivity index (χ3v) is 4.32. The number of nitrogens with zero attached hydrogens (tertiary/aromatic N) is 3. The fourth-order valence-corrected chi connectivity index (χ4v) is 3.03. The van der Waals surface area contributed by atoms with Gasteiger partial charge in [0.05, 0.1) is 24.2 Å². The summed E-state index contributed by atoms with van der Waals surface area (Å²) in [4.78, 5) is 17.3. The number of morpholine rings is 1. The molecule has 0 saturated carbocycles. The highest BCUT2D eigenvalue weighted by Crippen LogP contribution is 2.12. The van der Waals surface area contributed by atoms with Gasteiger partial charge in [-0.15, -0.1) is 6.58 Å². The molecule has 154 valence electrons. The van der Waals surface area contributed by atoms with Crippen LogP contribution in [-0.4, -0.2) is 61.2 Å². The molecule has 8 heteroatoms. The second-order valence-electron chi connectivity index (χ2n) is 7.29. The molecule has 0 radical (unpaired) electrons. The highest BCUT2D eigenvalue weighted by Gasteiger charge is 2.21. The summed E-state index contributed by atoms with van der Waals surface area (Å²) in [6, 6.07) is 6.43. The Morgan fingerprint density at radius 3 is 2.82 bits per heavy atom. The molecular weight excluding hydrogens is 358 g/mol. The predicted octanol–water partition coefficient (Wildman–Crippen LogP) is 2.17. The molecule has 0 bridgehead atoms. The summed E-state index contributed by atoms with van der Waals surface area (Å²) in [5.74, 6) is 1.31. The minimum Gasteiger partial charge on any atom is -0.374 e. The molecule has 1 aliphatic rings. The Balaban J connectivity index is 1.90. The van der Waals surface area contributed by atoms with E-state index in [1.165, 1.54) is 12.1 Å². The Morgan fingerprint density at radius 1 is 1.43 bits per heavy atom. The Kier molecular flexibility index (Phi) is 8.90. The predicted molar refractivity (Wildman–Crippen MR) is 111 cm³/mol. The van der Waals surface area contributed by atoms with Crippen molar-refractivity contribution in [3.63, 3.8) is 0 Å². The van der Waals surface area contributed by atoms with E-state index in [-0.39, 0.29) is 11.8 Å². The summed E-state index contributed by atoms with van der Waals surface area (Å²) in [6.45, 7) is 13.6. The van der Waals surface area contributed by atoms with E-state index in [0.29, 0.717) is 31.5 Å². The molecule has 0 aromatic heterocycles. The smallest absolute Gasteiger partial charge is 0.269 e. The van der Waals surface area contributed by atoms with Crippen LogP contribution in [0.25, 0.3) is 0 Å². The fourth-order valence-electron chi connectivity index (χ4n) is 3.03. The topological polar surface area (TPSA) is 92.0 Å².